The predicted molar refractivity (Wildman–Crippen MR) is 132 cm³/mol. The van der Waals surface area contributed by atoms with E-state index in [0.717, 1.165) is 12.3 Å². The van der Waals surface area contributed by atoms with E-state index in [1.807, 2.05) is 6.07 Å². The Morgan fingerprint density at radius 3 is 2.00 bits per heavy atom. The zero-order valence-corrected chi connectivity index (χ0v) is 22.3. The summed E-state index contributed by atoms with van der Waals surface area (Å²) in [7, 11) is 1.75. The van der Waals surface area contributed by atoms with Crippen LogP contribution in [0.5, 0.6) is 5.75 Å². The van der Waals surface area contributed by atoms with Crippen LogP contribution in [0, 0.1) is 0 Å². The van der Waals surface area contributed by atoms with Gasteiger partial charge in [-0.15, -0.1) is 0 Å². The van der Waals surface area contributed by atoms with Crippen molar-refractivity contribution in [3.05, 3.63) is 101 Å². The maximum absolute atomic E-state index is 5.56. The van der Waals surface area contributed by atoms with Crippen molar-refractivity contribution >= 4 is 0 Å². The summed E-state index contributed by atoms with van der Waals surface area (Å²) in [6, 6.07) is 29.2. The lowest BCUT2D eigenvalue weighted by molar-refractivity contribution is -1.03. The van der Waals surface area contributed by atoms with Crippen LogP contribution in [0.4, 0.5) is 0 Å². The van der Waals surface area contributed by atoms with Crippen molar-refractivity contribution in [1.29, 1.82) is 0 Å². The van der Waals surface area contributed by atoms with Gasteiger partial charge in [0.1, 0.15) is 44.5 Å². The Morgan fingerprint density at radius 1 is 0.765 bits per heavy atom. The van der Waals surface area contributed by atoms with E-state index < -0.39 is 0 Å². The summed E-state index contributed by atoms with van der Waals surface area (Å²) in [6.07, 6.45) is 0. The number of halogens is 2. The molecule has 1 atom stereocenters. The molecule has 3 aromatic rings. The van der Waals surface area contributed by atoms with E-state index in [4.69, 9.17) is 4.74 Å². The highest BCUT2D eigenvalue weighted by Crippen LogP contribution is 2.27. The molecule has 0 bridgehead atoms. The second-order valence-corrected chi connectivity index (χ2v) is 10.2. The predicted octanol–water partition coefficient (Wildman–Crippen LogP) is -2.93. The number of nitrogens with one attached hydrogen (secondary N) is 2. The number of quaternary nitrogens is 2. The van der Waals surface area contributed by atoms with Gasteiger partial charge < -0.3 is 39.4 Å². The van der Waals surface area contributed by atoms with Gasteiger partial charge in [0.2, 0.25) is 0 Å². The van der Waals surface area contributed by atoms with Crippen molar-refractivity contribution in [3.63, 3.8) is 0 Å². The SMILES string of the molecule is COc1cccc(C(c2ccc(C(C)(C)C)cc2)[NH+]2CC[NH+](Cc3ccccc3)CC2)c1.[Cl-].[Cl-]. The van der Waals surface area contributed by atoms with Crippen molar-refractivity contribution in [2.24, 2.45) is 0 Å². The summed E-state index contributed by atoms with van der Waals surface area (Å²) in [5, 5.41) is 0. The first-order valence-electron chi connectivity index (χ1n) is 11.9. The molecule has 0 radical (unpaired) electrons. The largest absolute Gasteiger partial charge is 1.00 e. The van der Waals surface area contributed by atoms with Crippen LogP contribution in [0.2, 0.25) is 0 Å². The summed E-state index contributed by atoms with van der Waals surface area (Å²) >= 11 is 0. The maximum Gasteiger partial charge on any atom is 0.139 e. The molecule has 1 aliphatic heterocycles. The van der Waals surface area contributed by atoms with Crippen LogP contribution in [-0.4, -0.2) is 33.3 Å². The number of hydrogen-bond acceptors (Lipinski definition) is 1. The number of rotatable bonds is 6. The van der Waals surface area contributed by atoms with Crippen LogP contribution in [0.1, 0.15) is 49.1 Å². The fourth-order valence-electron chi connectivity index (χ4n) is 4.94. The molecule has 1 fully saturated rings. The molecule has 0 amide bonds. The molecule has 184 valence electrons. The monoisotopic (exact) mass is 500 g/mol. The van der Waals surface area contributed by atoms with Crippen molar-refractivity contribution in [1.82, 2.24) is 0 Å². The molecule has 1 unspecified atom stereocenters. The normalized spacial score (nSPS) is 18.8. The fourth-order valence-corrected chi connectivity index (χ4v) is 4.94. The van der Waals surface area contributed by atoms with Gasteiger partial charge in [0.25, 0.3) is 0 Å². The molecule has 0 aliphatic carbocycles. The number of hydrogen-bond donors (Lipinski definition) is 2. The minimum atomic E-state index is 0. The first-order chi connectivity index (χ1) is 15.4. The van der Waals surface area contributed by atoms with Gasteiger partial charge in [-0.2, -0.15) is 0 Å². The van der Waals surface area contributed by atoms with E-state index >= 15 is 0 Å². The molecule has 1 aliphatic rings. The molecular weight excluding hydrogens is 463 g/mol. The summed E-state index contributed by atoms with van der Waals surface area (Å²) in [5.41, 5.74) is 5.73. The fraction of sp³-hybridized carbons (Fsp3) is 0.379. The van der Waals surface area contributed by atoms with Crippen molar-refractivity contribution < 1.29 is 39.4 Å². The average molecular weight is 502 g/mol. The van der Waals surface area contributed by atoms with Crippen LogP contribution in [0.3, 0.4) is 0 Å². The second kappa shape index (κ2) is 12.6. The van der Waals surface area contributed by atoms with Gasteiger partial charge in [-0.3, -0.25) is 0 Å². The minimum absolute atomic E-state index is 0. The molecule has 0 saturated carbocycles. The van der Waals surface area contributed by atoms with Crippen LogP contribution in [0.25, 0.3) is 0 Å². The van der Waals surface area contributed by atoms with Gasteiger partial charge in [-0.1, -0.05) is 87.5 Å². The summed E-state index contributed by atoms with van der Waals surface area (Å²) in [6.45, 7) is 12.7. The first-order valence-corrected chi connectivity index (χ1v) is 11.9. The van der Waals surface area contributed by atoms with Gasteiger partial charge in [-0.25, -0.2) is 0 Å². The number of piperazine rings is 1. The maximum atomic E-state index is 5.56. The summed E-state index contributed by atoms with van der Waals surface area (Å²) in [5.74, 6) is 0.937. The quantitative estimate of drug-likeness (QED) is 0.371. The summed E-state index contributed by atoms with van der Waals surface area (Å²) in [4.78, 5) is 3.34. The molecule has 1 heterocycles. The van der Waals surface area contributed by atoms with Gasteiger partial charge in [0.15, 0.2) is 0 Å². The van der Waals surface area contributed by atoms with E-state index in [-0.39, 0.29) is 30.2 Å². The van der Waals surface area contributed by atoms with Gasteiger partial charge in [0.05, 0.1) is 7.11 Å². The molecule has 2 N–H and O–H groups in total. The third kappa shape index (κ3) is 6.99. The standard InChI is InChI=1S/C29H36N2O.2ClH/c1-29(2,3)26-15-13-24(14-16-26)28(25-11-8-12-27(21-25)32-4)31-19-17-30(18-20-31)22-23-9-6-5-7-10-23;;/h5-16,21,28H,17-20,22H2,1-4H3;2*1H. The molecular formula is C29H38Cl2N2O. The number of ether oxygens (including phenoxy) is 1. The van der Waals surface area contributed by atoms with E-state index in [1.54, 1.807) is 16.9 Å². The van der Waals surface area contributed by atoms with E-state index in [9.17, 15) is 0 Å². The average Bonchev–Trinajstić information content (AvgIpc) is 2.81. The molecule has 3 aromatic carbocycles. The summed E-state index contributed by atoms with van der Waals surface area (Å²) < 4.78 is 5.56. The number of benzene rings is 3. The highest BCUT2D eigenvalue weighted by Gasteiger charge is 2.32. The Kier molecular flexibility index (Phi) is 10.5. The van der Waals surface area contributed by atoms with Crippen LogP contribution < -0.4 is 39.4 Å². The molecule has 0 aromatic heterocycles. The molecule has 5 heteroatoms. The van der Waals surface area contributed by atoms with Gasteiger partial charge >= 0.3 is 0 Å². The molecule has 1 saturated heterocycles. The van der Waals surface area contributed by atoms with Crippen molar-refractivity contribution in [3.8, 4) is 5.75 Å². The zero-order valence-electron chi connectivity index (χ0n) is 20.8. The lowest BCUT2D eigenvalue weighted by atomic mass is 9.85. The lowest BCUT2D eigenvalue weighted by Gasteiger charge is -2.35. The molecule has 4 rings (SSSR count). The topological polar surface area (TPSA) is 18.1 Å². The highest BCUT2D eigenvalue weighted by atomic mass is 35.5. The zero-order chi connectivity index (χ0) is 22.6. The highest BCUT2D eigenvalue weighted by molar-refractivity contribution is 5.37. The Hall–Kier alpha value is -2.04. The van der Waals surface area contributed by atoms with E-state index in [0.29, 0.717) is 6.04 Å². The Labute approximate surface area is 217 Å². The van der Waals surface area contributed by atoms with Crippen LogP contribution in [-0.2, 0) is 12.0 Å². The van der Waals surface area contributed by atoms with E-state index in [1.165, 1.54) is 48.4 Å². The molecule has 0 spiro atoms. The lowest BCUT2D eigenvalue weighted by Crippen LogP contribution is -3.27. The van der Waals surface area contributed by atoms with Crippen molar-refractivity contribution in [2.45, 2.75) is 38.8 Å². The second-order valence-electron chi connectivity index (χ2n) is 10.2. The van der Waals surface area contributed by atoms with Gasteiger partial charge in [-0.05, 0) is 23.1 Å². The Balaban J connectivity index is 0.00000204. The molecule has 3 nitrogen and oxygen atoms in total. The molecule has 34 heavy (non-hydrogen) atoms. The van der Waals surface area contributed by atoms with Crippen LogP contribution in [0.15, 0.2) is 78.9 Å². The smallest absolute Gasteiger partial charge is 0.139 e. The Bertz CT molecular complexity index is 995. The first kappa shape index (κ1) is 28.2. The third-order valence-corrected chi connectivity index (χ3v) is 6.84. The van der Waals surface area contributed by atoms with E-state index in [2.05, 4.69) is 93.6 Å². The van der Waals surface area contributed by atoms with Gasteiger partial charge in [0, 0.05) is 16.7 Å². The van der Waals surface area contributed by atoms with Crippen LogP contribution >= 0.6 is 0 Å². The number of methoxy groups -OCH3 is 1. The minimum Gasteiger partial charge on any atom is -1.00 e. The Morgan fingerprint density at radius 2 is 1.41 bits per heavy atom. The van der Waals surface area contributed by atoms with Crippen molar-refractivity contribution in [2.75, 3.05) is 33.3 Å². The third-order valence-electron chi connectivity index (χ3n) is 6.84.